The third-order valence-corrected chi connectivity index (χ3v) is 4.53. The fraction of sp³-hybridized carbons (Fsp3) is 0.238. The van der Waals surface area contributed by atoms with E-state index in [1.165, 1.54) is 0 Å². The normalized spacial score (nSPS) is 15.5. The number of para-hydroxylation sites is 1. The van der Waals surface area contributed by atoms with Crippen LogP contribution in [0.2, 0.25) is 0 Å². The van der Waals surface area contributed by atoms with Crippen molar-refractivity contribution in [2.75, 3.05) is 18.1 Å². The van der Waals surface area contributed by atoms with Gasteiger partial charge in [0.25, 0.3) is 5.91 Å². The topological polar surface area (TPSA) is 112 Å². The lowest BCUT2D eigenvalue weighted by Crippen LogP contribution is -2.46. The molecule has 1 aliphatic rings. The smallest absolute Gasteiger partial charge is 0.276 e. The van der Waals surface area contributed by atoms with Gasteiger partial charge in [0.05, 0.1) is 11.5 Å². The van der Waals surface area contributed by atoms with Gasteiger partial charge in [0.15, 0.2) is 6.61 Å². The Bertz CT molecular complexity index is 965. The summed E-state index contributed by atoms with van der Waals surface area (Å²) in [5, 5.41) is 9.00. The summed E-state index contributed by atoms with van der Waals surface area (Å²) in [7, 11) is 0. The van der Waals surface area contributed by atoms with Gasteiger partial charge in [0.1, 0.15) is 11.8 Å². The maximum absolute atomic E-state index is 12.3. The SMILES string of the molecule is Cc1ccc(N2CC(C(=O)NNC(=O)COc3ccccc3C#N)CC2=O)cc1. The van der Waals surface area contributed by atoms with Crippen LogP contribution in [0.15, 0.2) is 48.5 Å². The van der Waals surface area contributed by atoms with Gasteiger partial charge in [0.2, 0.25) is 11.8 Å². The summed E-state index contributed by atoms with van der Waals surface area (Å²) in [5.74, 6) is -1.45. The molecule has 29 heavy (non-hydrogen) atoms. The van der Waals surface area contributed by atoms with E-state index < -0.39 is 17.7 Å². The molecule has 0 saturated carbocycles. The van der Waals surface area contributed by atoms with Crippen molar-refractivity contribution in [1.82, 2.24) is 10.9 Å². The highest BCUT2D eigenvalue weighted by atomic mass is 16.5. The summed E-state index contributed by atoms with van der Waals surface area (Å²) in [6.07, 6.45) is 0.0711. The number of carbonyl (C=O) groups is 3. The van der Waals surface area contributed by atoms with Crippen LogP contribution < -0.4 is 20.5 Å². The summed E-state index contributed by atoms with van der Waals surface area (Å²) in [6, 6.07) is 16.0. The Morgan fingerprint density at radius 3 is 2.62 bits per heavy atom. The number of anilines is 1. The van der Waals surface area contributed by atoms with Crippen molar-refractivity contribution in [3.8, 4) is 11.8 Å². The quantitative estimate of drug-likeness (QED) is 0.748. The largest absolute Gasteiger partial charge is 0.482 e. The van der Waals surface area contributed by atoms with Crippen molar-refractivity contribution >= 4 is 23.4 Å². The maximum Gasteiger partial charge on any atom is 0.276 e. The first-order chi connectivity index (χ1) is 14.0. The van der Waals surface area contributed by atoms with Gasteiger partial charge in [-0.2, -0.15) is 5.26 Å². The molecule has 1 atom stereocenters. The number of nitrogens with one attached hydrogen (secondary N) is 2. The molecule has 148 valence electrons. The van der Waals surface area contributed by atoms with Gasteiger partial charge in [-0.05, 0) is 31.2 Å². The van der Waals surface area contributed by atoms with Gasteiger partial charge in [0, 0.05) is 18.7 Å². The Kier molecular flexibility index (Phi) is 6.09. The lowest BCUT2D eigenvalue weighted by molar-refractivity contribution is -0.132. The third-order valence-electron chi connectivity index (χ3n) is 4.53. The van der Waals surface area contributed by atoms with Gasteiger partial charge >= 0.3 is 0 Å². The minimum Gasteiger partial charge on any atom is -0.482 e. The van der Waals surface area contributed by atoms with Crippen molar-refractivity contribution in [1.29, 1.82) is 5.26 Å². The predicted octanol–water partition coefficient (Wildman–Crippen LogP) is 1.45. The Hall–Kier alpha value is -3.86. The summed E-state index contributed by atoms with van der Waals surface area (Å²) < 4.78 is 5.30. The molecule has 0 aliphatic carbocycles. The molecule has 2 aromatic rings. The standard InChI is InChI=1S/C21H20N4O4/c1-14-6-8-17(9-7-14)25-12-16(10-20(25)27)21(28)24-23-19(26)13-29-18-5-3-2-4-15(18)11-22/h2-9,16H,10,12-13H2,1H3,(H,23,26)(H,24,28). The van der Waals surface area contributed by atoms with Crippen LogP contribution in [0.3, 0.4) is 0 Å². The van der Waals surface area contributed by atoms with Crippen molar-refractivity contribution in [2.24, 2.45) is 5.92 Å². The zero-order chi connectivity index (χ0) is 20.8. The molecule has 0 bridgehead atoms. The predicted molar refractivity (Wildman–Crippen MR) is 105 cm³/mol. The van der Waals surface area contributed by atoms with Gasteiger partial charge in [-0.1, -0.05) is 29.8 Å². The Morgan fingerprint density at radius 1 is 1.17 bits per heavy atom. The fourth-order valence-corrected chi connectivity index (χ4v) is 2.96. The molecular weight excluding hydrogens is 372 g/mol. The average molecular weight is 392 g/mol. The van der Waals surface area contributed by atoms with E-state index in [2.05, 4.69) is 10.9 Å². The number of benzene rings is 2. The van der Waals surface area contributed by atoms with Gasteiger partial charge in [-0.15, -0.1) is 0 Å². The number of hydrazine groups is 1. The summed E-state index contributed by atoms with van der Waals surface area (Å²) in [5.41, 5.74) is 6.73. The number of ether oxygens (including phenoxy) is 1. The number of rotatable bonds is 5. The van der Waals surface area contributed by atoms with Crippen molar-refractivity contribution in [3.05, 3.63) is 59.7 Å². The molecule has 3 amide bonds. The van der Waals surface area contributed by atoms with E-state index in [4.69, 9.17) is 10.00 Å². The van der Waals surface area contributed by atoms with Crippen molar-refractivity contribution in [2.45, 2.75) is 13.3 Å². The van der Waals surface area contributed by atoms with Crippen molar-refractivity contribution in [3.63, 3.8) is 0 Å². The second kappa shape index (κ2) is 8.89. The van der Waals surface area contributed by atoms with Crippen LogP contribution >= 0.6 is 0 Å². The lowest BCUT2D eigenvalue weighted by Gasteiger charge is -2.17. The van der Waals surface area contributed by atoms with E-state index >= 15 is 0 Å². The first kappa shape index (κ1) is 19.9. The number of nitrogens with zero attached hydrogens (tertiary/aromatic N) is 2. The number of carbonyl (C=O) groups excluding carboxylic acids is 3. The van der Waals surface area contributed by atoms with E-state index in [1.807, 2.05) is 37.3 Å². The summed E-state index contributed by atoms with van der Waals surface area (Å²) in [4.78, 5) is 38.0. The molecule has 8 heteroatoms. The molecule has 2 N–H and O–H groups in total. The fourth-order valence-electron chi connectivity index (χ4n) is 2.96. The number of hydrogen-bond acceptors (Lipinski definition) is 5. The average Bonchev–Trinajstić information content (AvgIpc) is 3.13. The molecule has 1 unspecified atom stereocenters. The van der Waals surface area contributed by atoms with Crippen LogP contribution in [-0.2, 0) is 14.4 Å². The molecule has 1 fully saturated rings. The Balaban J connectivity index is 1.48. The van der Waals surface area contributed by atoms with E-state index in [0.29, 0.717) is 5.56 Å². The number of nitriles is 1. The van der Waals surface area contributed by atoms with Crippen LogP contribution in [-0.4, -0.2) is 30.9 Å². The van der Waals surface area contributed by atoms with Crippen LogP contribution in [0.5, 0.6) is 5.75 Å². The highest BCUT2D eigenvalue weighted by Crippen LogP contribution is 2.25. The molecular formula is C21H20N4O4. The first-order valence-corrected chi connectivity index (χ1v) is 9.05. The second-order valence-electron chi connectivity index (χ2n) is 6.68. The third kappa shape index (κ3) is 4.90. The lowest BCUT2D eigenvalue weighted by atomic mass is 10.1. The minimum atomic E-state index is -0.578. The summed E-state index contributed by atoms with van der Waals surface area (Å²) >= 11 is 0. The van der Waals surface area contributed by atoms with E-state index in [0.717, 1.165) is 11.3 Å². The van der Waals surface area contributed by atoms with Gasteiger partial charge in [-0.3, -0.25) is 25.2 Å². The molecule has 0 aromatic heterocycles. The van der Waals surface area contributed by atoms with Crippen LogP contribution in [0.25, 0.3) is 0 Å². The van der Waals surface area contributed by atoms with Gasteiger partial charge in [-0.25, -0.2) is 0 Å². The number of amides is 3. The Morgan fingerprint density at radius 2 is 1.90 bits per heavy atom. The number of aryl methyl sites for hydroxylation is 1. The van der Waals surface area contributed by atoms with Gasteiger partial charge < -0.3 is 9.64 Å². The molecule has 1 aliphatic heterocycles. The van der Waals surface area contributed by atoms with Crippen LogP contribution in [0, 0.1) is 24.2 Å². The second-order valence-corrected chi connectivity index (χ2v) is 6.68. The zero-order valence-corrected chi connectivity index (χ0v) is 15.8. The molecule has 1 saturated heterocycles. The highest BCUT2D eigenvalue weighted by Gasteiger charge is 2.35. The zero-order valence-electron chi connectivity index (χ0n) is 15.8. The minimum absolute atomic E-state index is 0.0711. The molecule has 8 nitrogen and oxygen atoms in total. The Labute approximate surface area is 168 Å². The van der Waals surface area contributed by atoms with Crippen LogP contribution in [0.4, 0.5) is 5.69 Å². The van der Waals surface area contributed by atoms with Crippen molar-refractivity contribution < 1.29 is 19.1 Å². The first-order valence-electron chi connectivity index (χ1n) is 9.05. The van der Waals surface area contributed by atoms with E-state index in [9.17, 15) is 14.4 Å². The molecule has 3 rings (SSSR count). The highest BCUT2D eigenvalue weighted by molar-refractivity contribution is 6.00. The number of hydrogen-bond donors (Lipinski definition) is 2. The monoisotopic (exact) mass is 392 g/mol. The van der Waals surface area contributed by atoms with E-state index in [-0.39, 0.29) is 31.2 Å². The molecule has 1 heterocycles. The van der Waals surface area contributed by atoms with Crippen LogP contribution in [0.1, 0.15) is 17.5 Å². The molecule has 0 spiro atoms. The molecule has 2 aromatic carbocycles. The maximum atomic E-state index is 12.3. The molecule has 0 radical (unpaired) electrons. The summed E-state index contributed by atoms with van der Waals surface area (Å²) in [6.45, 7) is 1.84. The van der Waals surface area contributed by atoms with E-state index in [1.54, 1.807) is 29.2 Å².